The van der Waals surface area contributed by atoms with Gasteiger partial charge in [0.15, 0.2) is 0 Å². The molecule has 1 saturated heterocycles. The van der Waals surface area contributed by atoms with Crippen molar-refractivity contribution in [1.82, 2.24) is 5.01 Å². The van der Waals surface area contributed by atoms with Crippen LogP contribution in [0.1, 0.15) is 12.0 Å². The molecule has 1 fully saturated rings. The Hall–Kier alpha value is -1.39. The van der Waals surface area contributed by atoms with E-state index < -0.39 is 0 Å². The molecule has 1 aliphatic rings. The molecule has 1 aromatic rings. The van der Waals surface area contributed by atoms with Gasteiger partial charge in [0, 0.05) is 19.5 Å². The Balaban J connectivity index is 2.30. The van der Waals surface area contributed by atoms with E-state index in [1.165, 1.54) is 0 Å². The third-order valence-corrected chi connectivity index (χ3v) is 2.80. The SMILES string of the molecule is Cc1ccccc1N1C(=O)CCN1CCO. The molecule has 0 radical (unpaired) electrons. The fourth-order valence-electron chi connectivity index (χ4n) is 2.00. The number of rotatable bonds is 3. The van der Waals surface area contributed by atoms with E-state index in [2.05, 4.69) is 0 Å². The van der Waals surface area contributed by atoms with Crippen LogP contribution in [0.3, 0.4) is 0 Å². The first-order valence-corrected chi connectivity index (χ1v) is 5.48. The minimum atomic E-state index is 0.0651. The third-order valence-electron chi connectivity index (χ3n) is 2.80. The Labute approximate surface area is 95.1 Å². The predicted octanol–water partition coefficient (Wildman–Crippen LogP) is 0.941. The zero-order valence-electron chi connectivity index (χ0n) is 9.39. The molecule has 0 spiro atoms. The van der Waals surface area contributed by atoms with Crippen LogP contribution in [-0.2, 0) is 4.79 Å². The molecule has 16 heavy (non-hydrogen) atoms. The van der Waals surface area contributed by atoms with Crippen LogP contribution in [0.4, 0.5) is 5.69 Å². The van der Waals surface area contributed by atoms with Gasteiger partial charge in [0.05, 0.1) is 12.3 Å². The third kappa shape index (κ3) is 1.94. The molecular formula is C12H16N2O2. The van der Waals surface area contributed by atoms with Crippen molar-refractivity contribution >= 4 is 11.6 Å². The normalized spacial score (nSPS) is 17.1. The molecule has 0 aliphatic carbocycles. The molecule has 0 aromatic heterocycles. The highest BCUT2D eigenvalue weighted by Crippen LogP contribution is 2.25. The van der Waals surface area contributed by atoms with Gasteiger partial charge in [-0.25, -0.2) is 10.0 Å². The summed E-state index contributed by atoms with van der Waals surface area (Å²) in [5.41, 5.74) is 1.99. The lowest BCUT2D eigenvalue weighted by Crippen LogP contribution is -2.41. The number of anilines is 1. The number of benzene rings is 1. The Morgan fingerprint density at radius 2 is 2.12 bits per heavy atom. The van der Waals surface area contributed by atoms with Crippen LogP contribution < -0.4 is 5.01 Å². The zero-order chi connectivity index (χ0) is 11.5. The van der Waals surface area contributed by atoms with E-state index in [0.29, 0.717) is 19.5 Å². The van der Waals surface area contributed by atoms with Gasteiger partial charge in [0.2, 0.25) is 5.91 Å². The number of hydrogen-bond donors (Lipinski definition) is 1. The summed E-state index contributed by atoms with van der Waals surface area (Å²) in [5.74, 6) is 0.0998. The number of aliphatic hydroxyl groups excluding tert-OH is 1. The summed E-state index contributed by atoms with van der Waals surface area (Å²) in [6.45, 7) is 3.24. The largest absolute Gasteiger partial charge is 0.395 e. The van der Waals surface area contributed by atoms with E-state index in [-0.39, 0.29) is 12.5 Å². The summed E-state index contributed by atoms with van der Waals surface area (Å²) in [6, 6.07) is 7.79. The van der Waals surface area contributed by atoms with Gasteiger partial charge in [-0.3, -0.25) is 4.79 Å². The quantitative estimate of drug-likeness (QED) is 0.824. The molecule has 4 heteroatoms. The minimum absolute atomic E-state index is 0.0651. The second kappa shape index (κ2) is 4.63. The van der Waals surface area contributed by atoms with Crippen LogP contribution in [0.2, 0.25) is 0 Å². The number of amides is 1. The molecule has 1 aromatic carbocycles. The van der Waals surface area contributed by atoms with Gasteiger partial charge in [-0.15, -0.1) is 0 Å². The van der Waals surface area contributed by atoms with E-state index in [4.69, 9.17) is 5.11 Å². The molecule has 0 atom stereocenters. The number of hydrogen-bond acceptors (Lipinski definition) is 3. The van der Waals surface area contributed by atoms with Gasteiger partial charge in [-0.05, 0) is 18.6 Å². The molecule has 1 aliphatic heterocycles. The molecule has 86 valence electrons. The van der Waals surface area contributed by atoms with Crippen molar-refractivity contribution in [3.63, 3.8) is 0 Å². The van der Waals surface area contributed by atoms with Crippen LogP contribution in [0.25, 0.3) is 0 Å². The van der Waals surface area contributed by atoms with Crippen LogP contribution in [0.15, 0.2) is 24.3 Å². The van der Waals surface area contributed by atoms with Crippen molar-refractivity contribution in [1.29, 1.82) is 0 Å². The summed E-state index contributed by atoms with van der Waals surface area (Å²) in [7, 11) is 0. The average Bonchev–Trinajstić information content (AvgIpc) is 2.62. The number of hydrazine groups is 1. The van der Waals surface area contributed by atoms with Crippen LogP contribution in [0, 0.1) is 6.92 Å². The Bertz CT molecular complexity index is 392. The first-order valence-electron chi connectivity index (χ1n) is 5.48. The summed E-state index contributed by atoms with van der Waals surface area (Å²) in [4.78, 5) is 11.8. The lowest BCUT2D eigenvalue weighted by molar-refractivity contribution is -0.118. The maximum Gasteiger partial charge on any atom is 0.242 e. The molecule has 0 bridgehead atoms. The lowest BCUT2D eigenvalue weighted by atomic mass is 10.2. The van der Waals surface area contributed by atoms with E-state index in [9.17, 15) is 4.79 Å². The van der Waals surface area contributed by atoms with Crippen molar-refractivity contribution in [3.05, 3.63) is 29.8 Å². The number of nitrogens with zero attached hydrogens (tertiary/aromatic N) is 2. The zero-order valence-corrected chi connectivity index (χ0v) is 9.39. The average molecular weight is 220 g/mol. The number of para-hydroxylation sites is 1. The fourth-order valence-corrected chi connectivity index (χ4v) is 2.00. The van der Waals surface area contributed by atoms with E-state index in [0.717, 1.165) is 11.3 Å². The first-order chi connectivity index (χ1) is 7.74. The van der Waals surface area contributed by atoms with Gasteiger partial charge in [0.25, 0.3) is 0 Å². The van der Waals surface area contributed by atoms with Crippen molar-refractivity contribution in [2.45, 2.75) is 13.3 Å². The molecule has 2 rings (SSSR count). The smallest absolute Gasteiger partial charge is 0.242 e. The highest BCUT2D eigenvalue weighted by atomic mass is 16.3. The highest BCUT2D eigenvalue weighted by molar-refractivity contribution is 5.95. The van der Waals surface area contributed by atoms with E-state index in [1.54, 1.807) is 5.01 Å². The summed E-state index contributed by atoms with van der Waals surface area (Å²) < 4.78 is 0. The van der Waals surface area contributed by atoms with Crippen LogP contribution in [-0.4, -0.2) is 35.7 Å². The lowest BCUT2D eigenvalue weighted by Gasteiger charge is -2.28. The second-order valence-corrected chi connectivity index (χ2v) is 3.92. The number of aryl methyl sites for hydroxylation is 1. The molecule has 0 saturated carbocycles. The summed E-state index contributed by atoms with van der Waals surface area (Å²) in [6.07, 6.45) is 0.522. The van der Waals surface area contributed by atoms with Crippen molar-refractivity contribution in [2.24, 2.45) is 0 Å². The second-order valence-electron chi connectivity index (χ2n) is 3.92. The van der Waals surface area contributed by atoms with Gasteiger partial charge >= 0.3 is 0 Å². The molecule has 1 heterocycles. The number of carbonyl (C=O) groups is 1. The number of aliphatic hydroxyl groups is 1. The predicted molar refractivity (Wildman–Crippen MR) is 61.9 cm³/mol. The molecule has 1 amide bonds. The molecule has 1 N–H and O–H groups in total. The maximum atomic E-state index is 11.8. The van der Waals surface area contributed by atoms with E-state index in [1.807, 2.05) is 36.2 Å². The van der Waals surface area contributed by atoms with Crippen molar-refractivity contribution in [3.8, 4) is 0 Å². The fraction of sp³-hybridized carbons (Fsp3) is 0.417. The Morgan fingerprint density at radius 1 is 1.38 bits per heavy atom. The molecule has 4 nitrogen and oxygen atoms in total. The van der Waals surface area contributed by atoms with Crippen LogP contribution in [0.5, 0.6) is 0 Å². The Morgan fingerprint density at radius 3 is 2.81 bits per heavy atom. The summed E-state index contributed by atoms with van der Waals surface area (Å²) in [5, 5.41) is 12.5. The van der Waals surface area contributed by atoms with Crippen molar-refractivity contribution in [2.75, 3.05) is 24.7 Å². The maximum absolute atomic E-state index is 11.8. The van der Waals surface area contributed by atoms with Gasteiger partial charge in [-0.2, -0.15) is 0 Å². The molecule has 0 unspecified atom stereocenters. The monoisotopic (exact) mass is 220 g/mol. The number of β-amino-alcohol motifs (C(OH)–C–C–N with tert-alkyl or cyclic N) is 1. The van der Waals surface area contributed by atoms with Gasteiger partial charge in [0.1, 0.15) is 0 Å². The van der Waals surface area contributed by atoms with E-state index >= 15 is 0 Å². The Kier molecular flexibility index (Phi) is 3.22. The summed E-state index contributed by atoms with van der Waals surface area (Å²) >= 11 is 0. The topological polar surface area (TPSA) is 43.8 Å². The molecular weight excluding hydrogens is 204 g/mol. The van der Waals surface area contributed by atoms with Crippen molar-refractivity contribution < 1.29 is 9.90 Å². The minimum Gasteiger partial charge on any atom is -0.395 e. The highest BCUT2D eigenvalue weighted by Gasteiger charge is 2.30. The van der Waals surface area contributed by atoms with Gasteiger partial charge in [-0.1, -0.05) is 18.2 Å². The standard InChI is InChI=1S/C12H16N2O2/c1-10-4-2-3-5-11(10)14-12(16)6-7-13(14)8-9-15/h2-5,15H,6-9H2,1H3. The number of carbonyl (C=O) groups excluding carboxylic acids is 1. The van der Waals surface area contributed by atoms with Gasteiger partial charge < -0.3 is 5.11 Å². The first kappa shape index (κ1) is 11.1. The van der Waals surface area contributed by atoms with Crippen LogP contribution >= 0.6 is 0 Å².